The monoisotopic (exact) mass is 487 g/mol. The van der Waals surface area contributed by atoms with Crippen LogP contribution in [-0.4, -0.2) is 82.2 Å². The minimum Gasteiger partial charge on any atom is -0.378 e. The maximum Gasteiger partial charge on any atom is 0.253 e. The number of hydrogen-bond acceptors (Lipinski definition) is 6. The highest BCUT2D eigenvalue weighted by Crippen LogP contribution is 2.22. The van der Waals surface area contributed by atoms with E-state index in [1.165, 1.54) is 16.4 Å². The fraction of sp³-hybridized carbons (Fsp3) is 0.480. The first-order chi connectivity index (χ1) is 16.2. The van der Waals surface area contributed by atoms with Crippen LogP contribution in [0.1, 0.15) is 29.8 Å². The van der Waals surface area contributed by atoms with Gasteiger partial charge in [-0.25, -0.2) is 8.42 Å². The molecule has 2 unspecified atom stereocenters. The molecular formula is C25H33N3O5S. The van der Waals surface area contributed by atoms with Gasteiger partial charge in [0.15, 0.2) is 0 Å². The van der Waals surface area contributed by atoms with Crippen LogP contribution in [0.2, 0.25) is 0 Å². The largest absolute Gasteiger partial charge is 0.378 e. The lowest BCUT2D eigenvalue weighted by molar-refractivity contribution is -0.0440. The predicted molar refractivity (Wildman–Crippen MR) is 130 cm³/mol. The Morgan fingerprint density at radius 3 is 2.15 bits per heavy atom. The molecule has 2 aliphatic rings. The number of anilines is 1. The molecule has 184 valence electrons. The minimum absolute atomic E-state index is 0.157. The van der Waals surface area contributed by atoms with Gasteiger partial charge in [0.1, 0.15) is 0 Å². The van der Waals surface area contributed by atoms with Gasteiger partial charge in [0.05, 0.1) is 30.3 Å². The van der Waals surface area contributed by atoms with Crippen LogP contribution in [0.25, 0.3) is 0 Å². The number of sulfonamides is 1. The van der Waals surface area contributed by atoms with Crippen LogP contribution in [0.3, 0.4) is 0 Å². The molecule has 34 heavy (non-hydrogen) atoms. The summed E-state index contributed by atoms with van der Waals surface area (Å²) in [5.41, 5.74) is 2.64. The van der Waals surface area contributed by atoms with Crippen molar-refractivity contribution in [2.75, 3.05) is 51.3 Å². The van der Waals surface area contributed by atoms with E-state index >= 15 is 0 Å². The zero-order chi connectivity index (χ0) is 24.3. The van der Waals surface area contributed by atoms with Crippen molar-refractivity contribution >= 4 is 21.6 Å². The Bertz CT molecular complexity index is 1070. The van der Waals surface area contributed by atoms with Gasteiger partial charge < -0.3 is 19.3 Å². The van der Waals surface area contributed by atoms with Crippen LogP contribution in [0.15, 0.2) is 53.4 Å². The van der Waals surface area contributed by atoms with Crippen molar-refractivity contribution in [1.29, 1.82) is 0 Å². The molecule has 0 radical (unpaired) electrons. The number of rotatable bonds is 6. The molecule has 2 aromatic rings. The van der Waals surface area contributed by atoms with Gasteiger partial charge in [0, 0.05) is 51.0 Å². The van der Waals surface area contributed by atoms with Crippen molar-refractivity contribution in [2.24, 2.45) is 0 Å². The SMILES string of the molecule is CC1CN(S(=O)(=O)c2ccc(C(=O)N(C)Cc3ccc(N4CCOCC4)cc3)cc2)CC(C)O1. The van der Waals surface area contributed by atoms with Gasteiger partial charge in [0.25, 0.3) is 5.91 Å². The molecular weight excluding hydrogens is 454 g/mol. The van der Waals surface area contributed by atoms with Crippen LogP contribution in [0.4, 0.5) is 5.69 Å². The van der Waals surface area contributed by atoms with Crippen molar-refractivity contribution < 1.29 is 22.7 Å². The molecule has 0 aliphatic carbocycles. The van der Waals surface area contributed by atoms with Crippen LogP contribution in [-0.2, 0) is 26.0 Å². The van der Waals surface area contributed by atoms with Gasteiger partial charge in [-0.3, -0.25) is 4.79 Å². The zero-order valence-corrected chi connectivity index (χ0v) is 20.8. The molecule has 2 aliphatic heterocycles. The molecule has 0 N–H and O–H groups in total. The molecule has 0 saturated carbocycles. The molecule has 4 rings (SSSR count). The first kappa shape index (κ1) is 24.7. The highest BCUT2D eigenvalue weighted by molar-refractivity contribution is 7.89. The van der Waals surface area contributed by atoms with Gasteiger partial charge in [0.2, 0.25) is 10.0 Å². The number of amides is 1. The van der Waals surface area contributed by atoms with Crippen LogP contribution < -0.4 is 4.90 Å². The molecule has 2 saturated heterocycles. The van der Waals surface area contributed by atoms with Crippen LogP contribution in [0.5, 0.6) is 0 Å². The molecule has 2 heterocycles. The Kier molecular flexibility index (Phi) is 7.57. The number of carbonyl (C=O) groups excluding carboxylic acids is 1. The minimum atomic E-state index is -3.64. The topological polar surface area (TPSA) is 79.4 Å². The summed E-state index contributed by atoms with van der Waals surface area (Å²) in [6.45, 7) is 8.08. The van der Waals surface area contributed by atoms with Gasteiger partial charge in [-0.05, 0) is 55.8 Å². The molecule has 0 aromatic heterocycles. The van der Waals surface area contributed by atoms with E-state index in [4.69, 9.17) is 9.47 Å². The maximum atomic E-state index is 13.0. The van der Waals surface area contributed by atoms with Crippen molar-refractivity contribution in [1.82, 2.24) is 9.21 Å². The predicted octanol–water partition coefficient (Wildman–Crippen LogP) is 2.59. The van der Waals surface area contributed by atoms with E-state index in [-0.39, 0.29) is 23.0 Å². The van der Waals surface area contributed by atoms with Gasteiger partial charge in [-0.15, -0.1) is 0 Å². The number of hydrogen-bond donors (Lipinski definition) is 0. The Balaban J connectivity index is 1.39. The Labute approximate surface area is 202 Å². The lowest BCUT2D eigenvalue weighted by atomic mass is 10.1. The lowest BCUT2D eigenvalue weighted by Crippen LogP contribution is -2.48. The van der Waals surface area contributed by atoms with E-state index in [0.29, 0.717) is 25.2 Å². The smallest absolute Gasteiger partial charge is 0.253 e. The van der Waals surface area contributed by atoms with E-state index < -0.39 is 10.0 Å². The molecule has 2 aromatic carbocycles. The van der Waals surface area contributed by atoms with Crippen LogP contribution >= 0.6 is 0 Å². The molecule has 0 bridgehead atoms. The average molecular weight is 488 g/mol. The summed E-state index contributed by atoms with van der Waals surface area (Å²) in [6, 6.07) is 14.4. The molecule has 2 atom stereocenters. The highest BCUT2D eigenvalue weighted by atomic mass is 32.2. The van der Waals surface area contributed by atoms with E-state index in [1.807, 2.05) is 26.0 Å². The van der Waals surface area contributed by atoms with E-state index in [0.717, 1.165) is 37.6 Å². The molecule has 9 heteroatoms. The lowest BCUT2D eigenvalue weighted by Gasteiger charge is -2.34. The number of ether oxygens (including phenoxy) is 2. The van der Waals surface area contributed by atoms with Crippen molar-refractivity contribution in [3.05, 3.63) is 59.7 Å². The standard InChI is InChI=1S/C25H33N3O5S/c1-19-16-28(17-20(2)33-19)34(30,31)24-10-6-22(7-11-24)25(29)26(3)18-21-4-8-23(9-5-21)27-12-14-32-15-13-27/h4-11,19-20H,12-18H2,1-3H3. The van der Waals surface area contributed by atoms with Gasteiger partial charge in [-0.2, -0.15) is 4.31 Å². The molecule has 1 amide bonds. The zero-order valence-electron chi connectivity index (χ0n) is 20.0. The van der Waals surface area contributed by atoms with Crippen LogP contribution in [0, 0.1) is 0 Å². The molecule has 2 fully saturated rings. The summed E-state index contributed by atoms with van der Waals surface area (Å²) in [6.07, 6.45) is -0.313. The first-order valence-corrected chi connectivity index (χ1v) is 13.1. The quantitative estimate of drug-likeness (QED) is 0.623. The second-order valence-corrected chi connectivity index (χ2v) is 11.0. The Morgan fingerprint density at radius 2 is 1.56 bits per heavy atom. The average Bonchev–Trinajstić information content (AvgIpc) is 2.84. The second kappa shape index (κ2) is 10.4. The summed E-state index contributed by atoms with van der Waals surface area (Å²) in [7, 11) is -1.89. The Morgan fingerprint density at radius 1 is 0.971 bits per heavy atom. The summed E-state index contributed by atoms with van der Waals surface area (Å²) in [4.78, 5) is 17.1. The molecule has 8 nitrogen and oxygen atoms in total. The summed E-state index contributed by atoms with van der Waals surface area (Å²) < 4.78 is 38.6. The first-order valence-electron chi connectivity index (χ1n) is 11.7. The normalized spacial score (nSPS) is 21.9. The number of nitrogens with zero attached hydrogens (tertiary/aromatic N) is 3. The van der Waals surface area contributed by atoms with E-state index in [9.17, 15) is 13.2 Å². The summed E-state index contributed by atoms with van der Waals surface area (Å²) in [5.74, 6) is -0.158. The molecule has 0 spiro atoms. The highest BCUT2D eigenvalue weighted by Gasteiger charge is 2.32. The van der Waals surface area contributed by atoms with Gasteiger partial charge >= 0.3 is 0 Å². The third kappa shape index (κ3) is 5.60. The summed E-state index contributed by atoms with van der Waals surface area (Å²) >= 11 is 0. The van der Waals surface area contributed by atoms with Crippen molar-refractivity contribution in [2.45, 2.75) is 37.5 Å². The fourth-order valence-electron chi connectivity index (χ4n) is 4.45. The van der Waals surface area contributed by atoms with Crippen molar-refractivity contribution in [3.63, 3.8) is 0 Å². The maximum absolute atomic E-state index is 13.0. The van der Waals surface area contributed by atoms with E-state index in [1.54, 1.807) is 24.1 Å². The number of morpholine rings is 2. The third-order valence-electron chi connectivity index (χ3n) is 6.20. The number of benzene rings is 2. The summed E-state index contributed by atoms with van der Waals surface area (Å²) in [5, 5.41) is 0. The fourth-order valence-corrected chi connectivity index (χ4v) is 6.04. The van der Waals surface area contributed by atoms with Crippen molar-refractivity contribution in [3.8, 4) is 0 Å². The second-order valence-electron chi connectivity index (χ2n) is 9.03. The number of carbonyl (C=O) groups is 1. The Hall–Kier alpha value is -2.46. The third-order valence-corrected chi connectivity index (χ3v) is 8.05. The van der Waals surface area contributed by atoms with Gasteiger partial charge in [-0.1, -0.05) is 12.1 Å². The van der Waals surface area contributed by atoms with E-state index in [2.05, 4.69) is 17.0 Å².